The number of aryl methyl sites for hydroxylation is 1. The molecule has 0 aromatic heterocycles. The number of hydrogen-bond acceptors (Lipinski definition) is 0. The normalized spacial score (nSPS) is 10.4. The van der Waals surface area contributed by atoms with Crippen molar-refractivity contribution in [2.75, 3.05) is 0 Å². The molecule has 0 spiro atoms. The summed E-state index contributed by atoms with van der Waals surface area (Å²) >= 11 is 0. The van der Waals surface area contributed by atoms with Crippen LogP contribution in [0.1, 0.15) is 37.3 Å². The van der Waals surface area contributed by atoms with Gasteiger partial charge < -0.3 is 37.2 Å². The van der Waals surface area contributed by atoms with Crippen LogP contribution in [0, 0.1) is 6.92 Å². The number of hydrogen-bond donors (Lipinski definition) is 0. The second-order valence-electron chi connectivity index (χ2n) is 6.07. The Morgan fingerprint density at radius 3 is 1.73 bits per heavy atom. The molecule has 0 fully saturated rings. The van der Waals surface area contributed by atoms with E-state index < -0.39 is 0 Å². The Kier molecular flexibility index (Phi) is 13.5. The van der Waals surface area contributed by atoms with Crippen molar-refractivity contribution in [2.24, 2.45) is 0 Å². The predicted molar refractivity (Wildman–Crippen MR) is 96.4 cm³/mol. The SMILES string of the molecule is CCC(C)c1c(-c2ccccc2)c(-c2ccccc2)c[c-]1C.[Cl-].[Cl-].[Cl-].[Ti+4]. The first kappa shape index (κ1) is 27.6. The first-order valence-corrected chi connectivity index (χ1v) is 8.13. The van der Waals surface area contributed by atoms with E-state index in [1.165, 1.54) is 39.8 Å². The summed E-state index contributed by atoms with van der Waals surface area (Å²) in [7, 11) is 0. The zero-order valence-corrected chi connectivity index (χ0v) is 19.1. The van der Waals surface area contributed by atoms with Crippen LogP contribution in [0.2, 0.25) is 0 Å². The molecule has 3 aromatic carbocycles. The zero-order valence-electron chi connectivity index (χ0n) is 15.3. The van der Waals surface area contributed by atoms with E-state index in [1.54, 1.807) is 0 Å². The summed E-state index contributed by atoms with van der Waals surface area (Å²) in [4.78, 5) is 0. The van der Waals surface area contributed by atoms with Gasteiger partial charge in [0.1, 0.15) is 0 Å². The largest absolute Gasteiger partial charge is 4.00 e. The Balaban J connectivity index is 0. The monoisotopic (exact) mass is 440 g/mol. The molecule has 3 aromatic rings. The molecule has 4 heteroatoms. The molecule has 0 bridgehead atoms. The van der Waals surface area contributed by atoms with E-state index in [1.807, 2.05) is 0 Å². The van der Waals surface area contributed by atoms with Crippen LogP contribution in [-0.2, 0) is 21.7 Å². The van der Waals surface area contributed by atoms with Crippen molar-refractivity contribution >= 4 is 0 Å². The van der Waals surface area contributed by atoms with Gasteiger partial charge in [0, 0.05) is 0 Å². The van der Waals surface area contributed by atoms with Crippen molar-refractivity contribution in [3.8, 4) is 22.3 Å². The summed E-state index contributed by atoms with van der Waals surface area (Å²) in [5.74, 6) is 0.577. The average molecular weight is 442 g/mol. The van der Waals surface area contributed by atoms with Gasteiger partial charge in [0.25, 0.3) is 0 Å². The second-order valence-corrected chi connectivity index (χ2v) is 6.07. The minimum Gasteiger partial charge on any atom is -1.00 e. The maximum atomic E-state index is 2.36. The van der Waals surface area contributed by atoms with Crippen molar-refractivity contribution in [3.63, 3.8) is 0 Å². The molecule has 0 radical (unpaired) electrons. The van der Waals surface area contributed by atoms with E-state index in [9.17, 15) is 0 Å². The Labute approximate surface area is 191 Å². The van der Waals surface area contributed by atoms with Gasteiger partial charge >= 0.3 is 21.7 Å². The zero-order chi connectivity index (χ0) is 15.5. The summed E-state index contributed by atoms with van der Waals surface area (Å²) in [6, 6.07) is 23.9. The van der Waals surface area contributed by atoms with Crippen molar-refractivity contribution in [3.05, 3.63) is 77.9 Å². The molecule has 26 heavy (non-hydrogen) atoms. The third kappa shape index (κ3) is 5.68. The molecule has 0 aliphatic heterocycles. The standard InChI is InChI=1S/C22H23.3ClH.Ti/c1-4-16(2)21-17(3)15-20(18-11-7-5-8-12-18)22(21)19-13-9-6-10-14-19;;;;/h5-16H,4H2,1-3H3;3*1H;/q-1;;;;+4/p-3. The van der Waals surface area contributed by atoms with E-state index in [-0.39, 0.29) is 58.9 Å². The van der Waals surface area contributed by atoms with Crippen LogP contribution in [0.25, 0.3) is 22.3 Å². The summed E-state index contributed by atoms with van der Waals surface area (Å²) in [5, 5.41) is 0. The van der Waals surface area contributed by atoms with E-state index in [2.05, 4.69) is 87.5 Å². The topological polar surface area (TPSA) is 0 Å². The fraction of sp³-hybridized carbons (Fsp3) is 0.227. The summed E-state index contributed by atoms with van der Waals surface area (Å²) in [6.45, 7) is 6.86. The fourth-order valence-electron chi connectivity index (χ4n) is 3.31. The molecule has 1 unspecified atom stereocenters. The first-order valence-electron chi connectivity index (χ1n) is 8.13. The van der Waals surface area contributed by atoms with Crippen LogP contribution >= 0.6 is 0 Å². The minimum atomic E-state index is 0. The van der Waals surface area contributed by atoms with Gasteiger partial charge in [0.15, 0.2) is 0 Å². The minimum absolute atomic E-state index is 0. The average Bonchev–Trinajstić information content (AvgIpc) is 2.93. The maximum Gasteiger partial charge on any atom is 4.00 e. The van der Waals surface area contributed by atoms with E-state index in [4.69, 9.17) is 0 Å². The Hall–Kier alpha value is -0.626. The van der Waals surface area contributed by atoms with Crippen LogP contribution in [0.5, 0.6) is 0 Å². The van der Waals surface area contributed by atoms with Gasteiger partial charge in [-0.25, -0.2) is 0 Å². The van der Waals surface area contributed by atoms with Gasteiger partial charge in [-0.3, -0.25) is 0 Å². The first-order chi connectivity index (χ1) is 10.7. The van der Waals surface area contributed by atoms with Crippen molar-refractivity contribution in [1.29, 1.82) is 0 Å². The molecule has 0 aliphatic rings. The van der Waals surface area contributed by atoms with E-state index in [0.717, 1.165) is 0 Å². The summed E-state index contributed by atoms with van der Waals surface area (Å²) in [6.07, 6.45) is 1.17. The molecule has 136 valence electrons. The van der Waals surface area contributed by atoms with Crippen molar-refractivity contribution < 1.29 is 58.9 Å². The van der Waals surface area contributed by atoms with Gasteiger partial charge in [0.05, 0.1) is 0 Å². The molecule has 0 nitrogen and oxygen atoms in total. The Morgan fingerprint density at radius 2 is 1.27 bits per heavy atom. The molecular weight excluding hydrogens is 418 g/mol. The summed E-state index contributed by atoms with van der Waals surface area (Å²) in [5.41, 5.74) is 8.32. The van der Waals surface area contributed by atoms with Crippen LogP contribution in [-0.4, -0.2) is 0 Å². The molecule has 1 atom stereocenters. The maximum absolute atomic E-state index is 2.36. The third-order valence-corrected chi connectivity index (χ3v) is 4.58. The van der Waals surface area contributed by atoms with E-state index in [0.29, 0.717) is 5.92 Å². The van der Waals surface area contributed by atoms with Crippen LogP contribution < -0.4 is 37.2 Å². The number of halogens is 3. The van der Waals surface area contributed by atoms with Crippen molar-refractivity contribution in [2.45, 2.75) is 33.1 Å². The number of rotatable bonds is 4. The fourth-order valence-corrected chi connectivity index (χ4v) is 3.31. The van der Waals surface area contributed by atoms with Crippen LogP contribution in [0.4, 0.5) is 0 Å². The molecule has 0 saturated carbocycles. The molecule has 0 amide bonds. The van der Waals surface area contributed by atoms with Gasteiger partial charge in [0.2, 0.25) is 0 Å². The van der Waals surface area contributed by atoms with Gasteiger partial charge in [-0.1, -0.05) is 99.0 Å². The molecule has 0 heterocycles. The van der Waals surface area contributed by atoms with E-state index >= 15 is 0 Å². The molecule has 3 rings (SSSR count). The molecule has 0 N–H and O–H groups in total. The molecular formula is C22H23Cl3Ti. The summed E-state index contributed by atoms with van der Waals surface area (Å²) < 4.78 is 0. The van der Waals surface area contributed by atoms with Crippen LogP contribution in [0.3, 0.4) is 0 Å². The number of benzene rings is 2. The third-order valence-electron chi connectivity index (χ3n) is 4.58. The Morgan fingerprint density at radius 1 is 0.808 bits per heavy atom. The van der Waals surface area contributed by atoms with Gasteiger partial charge in [-0.15, -0.1) is 0 Å². The van der Waals surface area contributed by atoms with Gasteiger partial charge in [-0.05, 0) is 5.92 Å². The molecule has 0 saturated heterocycles. The second kappa shape index (κ2) is 12.7. The van der Waals surface area contributed by atoms with Crippen LogP contribution in [0.15, 0.2) is 66.7 Å². The Bertz CT molecular complexity index is 752. The van der Waals surface area contributed by atoms with Crippen molar-refractivity contribution in [1.82, 2.24) is 0 Å². The predicted octanol–water partition coefficient (Wildman–Crippen LogP) is -2.43. The van der Waals surface area contributed by atoms with Gasteiger partial charge in [-0.2, -0.15) is 28.3 Å². The quantitative estimate of drug-likeness (QED) is 0.312. The molecule has 0 aliphatic carbocycles. The smallest absolute Gasteiger partial charge is 1.00 e.